The fourth-order valence-electron chi connectivity index (χ4n) is 2.05. The van der Waals surface area contributed by atoms with Gasteiger partial charge in [0.15, 0.2) is 0 Å². The Morgan fingerprint density at radius 2 is 1.78 bits per heavy atom. The first kappa shape index (κ1) is 13.1. The lowest BCUT2D eigenvalue weighted by Gasteiger charge is -2.28. The molecule has 1 atom stereocenters. The van der Waals surface area contributed by atoms with Gasteiger partial charge in [0, 0.05) is 5.02 Å². The molecule has 3 heteroatoms. The minimum absolute atomic E-state index is 0.316. The van der Waals surface area contributed by atoms with Crippen LogP contribution in [0.3, 0.4) is 0 Å². The summed E-state index contributed by atoms with van der Waals surface area (Å²) in [5.41, 5.74) is 0.233. The molecule has 2 aromatic carbocycles. The first-order valence-corrected chi connectivity index (χ1v) is 6.18. The Balaban J connectivity index is 2.51. The quantitative estimate of drug-likeness (QED) is 0.884. The third kappa shape index (κ3) is 2.40. The van der Waals surface area contributed by atoms with Crippen LogP contribution in [0, 0.1) is 5.82 Å². The number of benzene rings is 2. The van der Waals surface area contributed by atoms with E-state index in [1.807, 2.05) is 13.0 Å². The fourth-order valence-corrected chi connectivity index (χ4v) is 2.24. The Labute approximate surface area is 111 Å². The summed E-state index contributed by atoms with van der Waals surface area (Å²) in [4.78, 5) is 0. The fraction of sp³-hybridized carbons (Fsp3) is 0.200. The molecule has 0 amide bonds. The second kappa shape index (κ2) is 5.09. The van der Waals surface area contributed by atoms with Crippen molar-refractivity contribution in [2.24, 2.45) is 0 Å². The zero-order valence-electron chi connectivity index (χ0n) is 10.0. The van der Waals surface area contributed by atoms with Crippen molar-refractivity contribution >= 4 is 11.6 Å². The third-order valence-corrected chi connectivity index (χ3v) is 3.37. The van der Waals surface area contributed by atoms with Crippen molar-refractivity contribution in [3.05, 3.63) is 70.5 Å². The molecule has 0 spiro atoms. The number of rotatable bonds is 3. The number of hydrogen-bond donors (Lipinski definition) is 1. The van der Waals surface area contributed by atoms with Crippen LogP contribution in [0.25, 0.3) is 0 Å². The van der Waals surface area contributed by atoms with Crippen LogP contribution in [0.15, 0.2) is 48.5 Å². The van der Waals surface area contributed by atoms with Crippen LogP contribution in [0.5, 0.6) is 0 Å². The Morgan fingerprint density at radius 1 is 1.11 bits per heavy atom. The molecule has 0 saturated heterocycles. The Bertz CT molecular complexity index is 538. The lowest BCUT2D eigenvalue weighted by Crippen LogP contribution is -2.26. The van der Waals surface area contributed by atoms with E-state index in [0.717, 1.165) is 0 Å². The molecule has 0 bridgehead atoms. The molecule has 1 nitrogen and oxygen atoms in total. The molecule has 94 valence electrons. The van der Waals surface area contributed by atoms with Gasteiger partial charge in [-0.15, -0.1) is 0 Å². The predicted octanol–water partition coefficient (Wildman–Crippen LogP) is 4.13. The molecule has 0 aromatic heterocycles. The second-order valence-electron chi connectivity index (χ2n) is 4.23. The van der Waals surface area contributed by atoms with E-state index in [4.69, 9.17) is 11.6 Å². The summed E-state index contributed by atoms with van der Waals surface area (Å²) < 4.78 is 12.9. The summed E-state index contributed by atoms with van der Waals surface area (Å²) in [6, 6.07) is 13.0. The van der Waals surface area contributed by atoms with Gasteiger partial charge in [-0.25, -0.2) is 4.39 Å². The van der Waals surface area contributed by atoms with Crippen molar-refractivity contribution < 1.29 is 9.50 Å². The van der Waals surface area contributed by atoms with E-state index in [2.05, 4.69) is 0 Å². The van der Waals surface area contributed by atoms with Crippen molar-refractivity contribution in [1.29, 1.82) is 0 Å². The normalized spacial score (nSPS) is 14.2. The highest BCUT2D eigenvalue weighted by atomic mass is 35.5. The molecule has 0 aliphatic rings. The summed E-state index contributed by atoms with van der Waals surface area (Å²) in [5, 5.41) is 11.4. The van der Waals surface area contributed by atoms with Crippen molar-refractivity contribution in [3.63, 3.8) is 0 Å². The maximum Gasteiger partial charge on any atom is 0.123 e. The minimum Gasteiger partial charge on any atom is -0.380 e. The SMILES string of the molecule is CCC(O)(c1ccc(F)cc1)c1cccc(Cl)c1. The Kier molecular flexibility index (Phi) is 3.69. The van der Waals surface area contributed by atoms with Gasteiger partial charge < -0.3 is 5.11 Å². The third-order valence-electron chi connectivity index (χ3n) is 3.14. The van der Waals surface area contributed by atoms with Crippen LogP contribution in [-0.4, -0.2) is 5.11 Å². The molecule has 2 rings (SSSR count). The molecule has 0 heterocycles. The summed E-state index contributed by atoms with van der Waals surface area (Å²) in [6.07, 6.45) is 0.485. The van der Waals surface area contributed by atoms with Gasteiger partial charge in [0.1, 0.15) is 11.4 Å². The average Bonchev–Trinajstić information content (AvgIpc) is 2.38. The standard InChI is InChI=1S/C15H14ClFO/c1-2-15(18,11-6-8-14(17)9-7-11)12-4-3-5-13(16)10-12/h3-10,18H,2H2,1H3. The molecule has 0 saturated carbocycles. The second-order valence-corrected chi connectivity index (χ2v) is 4.67. The van der Waals surface area contributed by atoms with Gasteiger partial charge in [-0.3, -0.25) is 0 Å². The average molecular weight is 265 g/mol. The molecule has 1 unspecified atom stereocenters. The van der Waals surface area contributed by atoms with Crippen LogP contribution in [0.1, 0.15) is 24.5 Å². The van der Waals surface area contributed by atoms with Gasteiger partial charge in [0.25, 0.3) is 0 Å². The lowest BCUT2D eigenvalue weighted by atomic mass is 9.84. The highest BCUT2D eigenvalue weighted by Crippen LogP contribution is 2.33. The molecule has 0 radical (unpaired) electrons. The van der Waals surface area contributed by atoms with Crippen LogP contribution < -0.4 is 0 Å². The van der Waals surface area contributed by atoms with Crippen LogP contribution in [0.2, 0.25) is 5.02 Å². The van der Waals surface area contributed by atoms with E-state index in [-0.39, 0.29) is 5.82 Å². The summed E-state index contributed by atoms with van der Waals surface area (Å²) in [7, 11) is 0. The monoisotopic (exact) mass is 264 g/mol. The van der Waals surface area contributed by atoms with E-state index < -0.39 is 5.60 Å². The largest absolute Gasteiger partial charge is 0.380 e. The number of halogens is 2. The van der Waals surface area contributed by atoms with Crippen LogP contribution in [0.4, 0.5) is 4.39 Å². The lowest BCUT2D eigenvalue weighted by molar-refractivity contribution is 0.0765. The summed E-state index contributed by atoms with van der Waals surface area (Å²) in [5.74, 6) is -0.316. The molecule has 0 aliphatic heterocycles. The van der Waals surface area contributed by atoms with E-state index in [0.29, 0.717) is 22.6 Å². The first-order chi connectivity index (χ1) is 8.56. The minimum atomic E-state index is -1.14. The molecule has 0 aliphatic carbocycles. The number of aliphatic hydroxyl groups is 1. The molecule has 18 heavy (non-hydrogen) atoms. The topological polar surface area (TPSA) is 20.2 Å². The van der Waals surface area contributed by atoms with Crippen molar-refractivity contribution in [1.82, 2.24) is 0 Å². The van der Waals surface area contributed by atoms with Gasteiger partial charge in [0.05, 0.1) is 0 Å². The van der Waals surface area contributed by atoms with Gasteiger partial charge in [-0.05, 0) is 41.8 Å². The van der Waals surface area contributed by atoms with Crippen molar-refractivity contribution in [2.45, 2.75) is 18.9 Å². The Morgan fingerprint density at radius 3 is 2.33 bits per heavy atom. The molecule has 0 fully saturated rings. The molecular weight excluding hydrogens is 251 g/mol. The smallest absolute Gasteiger partial charge is 0.123 e. The van der Waals surface area contributed by atoms with Gasteiger partial charge in [-0.2, -0.15) is 0 Å². The van der Waals surface area contributed by atoms with Crippen LogP contribution >= 0.6 is 11.6 Å². The summed E-state index contributed by atoms with van der Waals surface area (Å²) in [6.45, 7) is 1.88. The molecule has 2 aromatic rings. The van der Waals surface area contributed by atoms with Crippen molar-refractivity contribution in [3.8, 4) is 0 Å². The van der Waals surface area contributed by atoms with Crippen LogP contribution in [-0.2, 0) is 5.60 Å². The van der Waals surface area contributed by atoms with Gasteiger partial charge >= 0.3 is 0 Å². The Hall–Kier alpha value is -1.38. The first-order valence-electron chi connectivity index (χ1n) is 5.80. The highest BCUT2D eigenvalue weighted by Gasteiger charge is 2.29. The number of hydrogen-bond acceptors (Lipinski definition) is 1. The van der Waals surface area contributed by atoms with Crippen molar-refractivity contribution in [2.75, 3.05) is 0 Å². The van der Waals surface area contributed by atoms with E-state index in [1.165, 1.54) is 12.1 Å². The van der Waals surface area contributed by atoms with E-state index >= 15 is 0 Å². The summed E-state index contributed by atoms with van der Waals surface area (Å²) >= 11 is 5.95. The van der Waals surface area contributed by atoms with Gasteiger partial charge in [-0.1, -0.05) is 42.8 Å². The molecule has 1 N–H and O–H groups in total. The van der Waals surface area contributed by atoms with E-state index in [9.17, 15) is 9.50 Å². The zero-order valence-corrected chi connectivity index (χ0v) is 10.8. The molecular formula is C15H14ClFO. The zero-order chi connectivity index (χ0) is 13.2. The maximum atomic E-state index is 12.9. The highest BCUT2D eigenvalue weighted by molar-refractivity contribution is 6.30. The maximum absolute atomic E-state index is 12.9. The van der Waals surface area contributed by atoms with E-state index in [1.54, 1.807) is 30.3 Å². The van der Waals surface area contributed by atoms with Gasteiger partial charge in [0.2, 0.25) is 0 Å². The predicted molar refractivity (Wildman–Crippen MR) is 71.1 cm³/mol.